The normalized spacial score (nSPS) is 10.6. The van der Waals surface area contributed by atoms with E-state index < -0.39 is 0 Å². The zero-order chi connectivity index (χ0) is 19.1. The summed E-state index contributed by atoms with van der Waals surface area (Å²) in [5.74, 6) is 0.574. The predicted octanol–water partition coefficient (Wildman–Crippen LogP) is 4.47. The summed E-state index contributed by atoms with van der Waals surface area (Å²) in [5, 5.41) is 7.71. The van der Waals surface area contributed by atoms with Gasteiger partial charge in [0.25, 0.3) is 5.91 Å². The lowest BCUT2D eigenvalue weighted by atomic mass is 10.1. The first-order chi connectivity index (χ1) is 13.2. The van der Waals surface area contributed by atoms with Crippen molar-refractivity contribution in [2.75, 3.05) is 13.7 Å². The van der Waals surface area contributed by atoms with Crippen LogP contribution < -0.4 is 10.1 Å². The van der Waals surface area contributed by atoms with Crippen molar-refractivity contribution in [3.63, 3.8) is 0 Å². The van der Waals surface area contributed by atoms with Gasteiger partial charge in [0.2, 0.25) is 0 Å². The second-order valence-corrected chi connectivity index (χ2v) is 6.33. The van der Waals surface area contributed by atoms with E-state index in [1.54, 1.807) is 18.0 Å². The SMILES string of the molecule is CCCCCNC(=O)c1cn(-c2ccccc2)nc1-c1ccccc1OC. The second kappa shape index (κ2) is 9.03. The molecule has 0 fully saturated rings. The minimum absolute atomic E-state index is 0.116. The molecular weight excluding hydrogens is 338 g/mol. The van der Waals surface area contributed by atoms with Gasteiger partial charge in [-0.25, -0.2) is 4.68 Å². The number of aromatic nitrogens is 2. The zero-order valence-electron chi connectivity index (χ0n) is 15.8. The van der Waals surface area contributed by atoms with Gasteiger partial charge >= 0.3 is 0 Å². The standard InChI is InChI=1S/C22H25N3O2/c1-3-4-10-15-23-22(26)19-16-25(17-11-6-5-7-12-17)24-21(19)18-13-8-9-14-20(18)27-2/h5-9,11-14,16H,3-4,10,15H2,1-2H3,(H,23,26). The van der Waals surface area contributed by atoms with Crippen LogP contribution in [0.15, 0.2) is 60.8 Å². The molecule has 2 aromatic carbocycles. The Morgan fingerprint density at radius 2 is 1.81 bits per heavy atom. The Labute approximate surface area is 160 Å². The van der Waals surface area contributed by atoms with Crippen LogP contribution in [-0.4, -0.2) is 29.3 Å². The lowest BCUT2D eigenvalue weighted by Gasteiger charge is -2.08. The maximum atomic E-state index is 12.8. The molecule has 1 heterocycles. The van der Waals surface area contributed by atoms with Crippen molar-refractivity contribution < 1.29 is 9.53 Å². The fraction of sp³-hybridized carbons (Fsp3) is 0.273. The number of ether oxygens (including phenoxy) is 1. The highest BCUT2D eigenvalue weighted by Gasteiger charge is 2.20. The van der Waals surface area contributed by atoms with Crippen molar-refractivity contribution in [1.82, 2.24) is 15.1 Å². The molecule has 0 saturated heterocycles. The van der Waals surface area contributed by atoms with E-state index in [9.17, 15) is 4.79 Å². The summed E-state index contributed by atoms with van der Waals surface area (Å²) < 4.78 is 7.22. The van der Waals surface area contributed by atoms with Gasteiger partial charge in [-0.2, -0.15) is 5.10 Å². The topological polar surface area (TPSA) is 56.2 Å². The van der Waals surface area contributed by atoms with E-state index >= 15 is 0 Å². The van der Waals surface area contributed by atoms with Gasteiger partial charge in [-0.05, 0) is 30.7 Å². The molecule has 0 aliphatic heterocycles. The van der Waals surface area contributed by atoms with Crippen molar-refractivity contribution in [3.8, 4) is 22.7 Å². The van der Waals surface area contributed by atoms with Crippen molar-refractivity contribution in [2.24, 2.45) is 0 Å². The highest BCUT2D eigenvalue weighted by Crippen LogP contribution is 2.31. The third-order valence-corrected chi connectivity index (χ3v) is 4.41. The Morgan fingerprint density at radius 1 is 1.07 bits per heavy atom. The van der Waals surface area contributed by atoms with E-state index in [0.29, 0.717) is 23.6 Å². The van der Waals surface area contributed by atoms with Crippen LogP contribution in [0, 0.1) is 0 Å². The van der Waals surface area contributed by atoms with E-state index in [1.807, 2.05) is 54.6 Å². The minimum Gasteiger partial charge on any atom is -0.496 e. The smallest absolute Gasteiger partial charge is 0.255 e. The molecule has 0 aliphatic rings. The van der Waals surface area contributed by atoms with Crippen LogP contribution in [-0.2, 0) is 0 Å². The lowest BCUT2D eigenvalue weighted by molar-refractivity contribution is 0.0953. The summed E-state index contributed by atoms with van der Waals surface area (Å²) in [5.41, 5.74) is 2.86. The highest BCUT2D eigenvalue weighted by molar-refractivity contribution is 6.00. The summed E-state index contributed by atoms with van der Waals surface area (Å²) in [7, 11) is 1.62. The molecule has 1 amide bonds. The minimum atomic E-state index is -0.116. The number of amides is 1. The summed E-state index contributed by atoms with van der Waals surface area (Å²) in [6.07, 6.45) is 4.97. The lowest BCUT2D eigenvalue weighted by Crippen LogP contribution is -2.24. The van der Waals surface area contributed by atoms with Gasteiger partial charge in [0.05, 0.1) is 18.4 Å². The molecule has 0 atom stereocenters. The molecular formula is C22H25N3O2. The van der Waals surface area contributed by atoms with Crippen molar-refractivity contribution in [2.45, 2.75) is 26.2 Å². The van der Waals surface area contributed by atoms with Crippen LogP contribution in [0.5, 0.6) is 5.75 Å². The molecule has 3 rings (SSSR count). The number of hydrogen-bond acceptors (Lipinski definition) is 3. The highest BCUT2D eigenvalue weighted by atomic mass is 16.5. The first-order valence-electron chi connectivity index (χ1n) is 9.31. The van der Waals surface area contributed by atoms with Crippen LogP contribution >= 0.6 is 0 Å². The molecule has 3 aromatic rings. The molecule has 0 radical (unpaired) electrons. The Hall–Kier alpha value is -3.08. The van der Waals surface area contributed by atoms with Crippen molar-refractivity contribution >= 4 is 5.91 Å². The summed E-state index contributed by atoms with van der Waals surface area (Å²) in [6.45, 7) is 2.81. The van der Waals surface area contributed by atoms with E-state index in [0.717, 1.165) is 30.5 Å². The molecule has 27 heavy (non-hydrogen) atoms. The number of methoxy groups -OCH3 is 1. The Balaban J connectivity index is 1.99. The Kier molecular flexibility index (Phi) is 6.26. The van der Waals surface area contributed by atoms with Crippen LogP contribution in [0.4, 0.5) is 0 Å². The molecule has 1 aromatic heterocycles. The first kappa shape index (κ1) is 18.7. The number of nitrogens with zero attached hydrogens (tertiary/aromatic N) is 2. The van der Waals surface area contributed by atoms with Crippen LogP contribution in [0.2, 0.25) is 0 Å². The fourth-order valence-corrected chi connectivity index (χ4v) is 2.96. The van der Waals surface area contributed by atoms with Crippen LogP contribution in [0.25, 0.3) is 16.9 Å². The first-order valence-corrected chi connectivity index (χ1v) is 9.31. The van der Waals surface area contributed by atoms with Gasteiger partial charge in [-0.15, -0.1) is 0 Å². The number of nitrogens with one attached hydrogen (secondary N) is 1. The molecule has 5 heteroatoms. The number of rotatable bonds is 8. The molecule has 0 unspecified atom stereocenters. The monoisotopic (exact) mass is 363 g/mol. The van der Waals surface area contributed by atoms with E-state index in [2.05, 4.69) is 12.2 Å². The maximum Gasteiger partial charge on any atom is 0.255 e. The molecule has 0 bridgehead atoms. The van der Waals surface area contributed by atoms with Crippen LogP contribution in [0.3, 0.4) is 0 Å². The quantitative estimate of drug-likeness (QED) is 0.601. The summed E-state index contributed by atoms with van der Waals surface area (Å²) in [4.78, 5) is 12.8. The maximum absolute atomic E-state index is 12.8. The van der Waals surface area contributed by atoms with Gasteiger partial charge < -0.3 is 10.1 Å². The average Bonchev–Trinajstić information content (AvgIpc) is 3.17. The van der Waals surface area contributed by atoms with Gasteiger partial charge in [0.15, 0.2) is 0 Å². The number of benzene rings is 2. The molecule has 140 valence electrons. The fourth-order valence-electron chi connectivity index (χ4n) is 2.96. The average molecular weight is 363 g/mol. The van der Waals surface area contributed by atoms with E-state index in [1.165, 1.54) is 0 Å². The van der Waals surface area contributed by atoms with Crippen molar-refractivity contribution in [1.29, 1.82) is 0 Å². The molecule has 1 N–H and O–H groups in total. The predicted molar refractivity (Wildman–Crippen MR) is 107 cm³/mol. The zero-order valence-corrected chi connectivity index (χ0v) is 15.8. The largest absolute Gasteiger partial charge is 0.496 e. The van der Waals surface area contributed by atoms with E-state index in [-0.39, 0.29) is 5.91 Å². The molecule has 0 spiro atoms. The molecule has 5 nitrogen and oxygen atoms in total. The summed E-state index contributed by atoms with van der Waals surface area (Å²) >= 11 is 0. The van der Waals surface area contributed by atoms with Gasteiger partial charge in [0.1, 0.15) is 11.4 Å². The van der Waals surface area contributed by atoms with E-state index in [4.69, 9.17) is 9.84 Å². The number of para-hydroxylation sites is 2. The van der Waals surface area contributed by atoms with Crippen LogP contribution in [0.1, 0.15) is 36.5 Å². The third-order valence-electron chi connectivity index (χ3n) is 4.41. The second-order valence-electron chi connectivity index (χ2n) is 6.33. The number of carbonyl (C=O) groups is 1. The molecule has 0 aliphatic carbocycles. The Morgan fingerprint density at radius 3 is 2.56 bits per heavy atom. The number of hydrogen-bond donors (Lipinski definition) is 1. The van der Waals surface area contributed by atoms with Gasteiger partial charge in [0, 0.05) is 18.3 Å². The third kappa shape index (κ3) is 4.37. The number of carbonyl (C=O) groups excluding carboxylic acids is 1. The Bertz CT molecular complexity index is 888. The van der Waals surface area contributed by atoms with Crippen molar-refractivity contribution in [3.05, 3.63) is 66.4 Å². The summed E-state index contributed by atoms with van der Waals surface area (Å²) in [6, 6.07) is 17.4. The van der Waals surface area contributed by atoms with Gasteiger partial charge in [-0.1, -0.05) is 50.1 Å². The van der Waals surface area contributed by atoms with Gasteiger partial charge in [-0.3, -0.25) is 4.79 Å². The molecule has 0 saturated carbocycles. The number of unbranched alkanes of at least 4 members (excludes halogenated alkanes) is 2.